The third-order valence-corrected chi connectivity index (χ3v) is 5.31. The lowest BCUT2D eigenvalue weighted by Crippen LogP contribution is -2.60. The normalized spacial score (nSPS) is 26.6. The van der Waals surface area contributed by atoms with E-state index in [1.807, 2.05) is 41.0 Å². The summed E-state index contributed by atoms with van der Waals surface area (Å²) in [5.74, 6) is 0.271. The first-order valence-electron chi connectivity index (χ1n) is 9.60. The molecular formula is C22H23NO7. The number of carbonyl (C=O) groups is 1. The van der Waals surface area contributed by atoms with Crippen molar-refractivity contribution in [1.29, 1.82) is 0 Å². The van der Waals surface area contributed by atoms with Gasteiger partial charge in [0, 0.05) is 10.9 Å². The Labute approximate surface area is 172 Å². The van der Waals surface area contributed by atoms with Crippen LogP contribution in [-0.2, 0) is 4.74 Å². The highest BCUT2D eigenvalue weighted by Gasteiger charge is 2.45. The molecule has 1 aliphatic rings. The number of hydrogen-bond acceptors (Lipinski definition) is 7. The number of benzene rings is 2. The number of aromatic nitrogens is 1. The average Bonchev–Trinajstić information content (AvgIpc) is 3.12. The summed E-state index contributed by atoms with van der Waals surface area (Å²) in [6.07, 6.45) is -5.22. The molecule has 0 saturated carbocycles. The summed E-state index contributed by atoms with van der Waals surface area (Å²) < 4.78 is 13.1. The van der Waals surface area contributed by atoms with Gasteiger partial charge >= 0.3 is 0 Å². The van der Waals surface area contributed by atoms with Crippen LogP contribution in [0.25, 0.3) is 16.6 Å². The fourth-order valence-electron chi connectivity index (χ4n) is 3.71. The van der Waals surface area contributed by atoms with Gasteiger partial charge in [-0.05, 0) is 31.2 Å². The van der Waals surface area contributed by atoms with E-state index < -0.39 is 37.3 Å². The maximum absolute atomic E-state index is 12.1. The number of carbonyl (C=O) groups excluding carboxylic acids is 1. The molecule has 0 unspecified atom stereocenters. The molecule has 2 aromatic carbocycles. The number of Topliss-reactive ketones (excluding diaryl/α,β-unsaturated/α-hetero) is 1. The zero-order valence-electron chi connectivity index (χ0n) is 16.3. The topological polar surface area (TPSA) is 121 Å². The van der Waals surface area contributed by atoms with Crippen LogP contribution in [-0.4, -0.2) is 68.1 Å². The molecule has 158 valence electrons. The molecule has 3 aromatic rings. The molecule has 1 aliphatic heterocycles. The van der Waals surface area contributed by atoms with Gasteiger partial charge in [0.2, 0.25) is 6.29 Å². The molecule has 0 bridgehead atoms. The van der Waals surface area contributed by atoms with E-state index in [1.165, 1.54) is 6.92 Å². The largest absolute Gasteiger partial charge is 0.460 e. The fourth-order valence-corrected chi connectivity index (χ4v) is 3.71. The monoisotopic (exact) mass is 413 g/mol. The van der Waals surface area contributed by atoms with Gasteiger partial charge in [0.15, 0.2) is 5.78 Å². The Balaban J connectivity index is 1.76. The van der Waals surface area contributed by atoms with Crippen molar-refractivity contribution in [3.05, 3.63) is 60.3 Å². The lowest BCUT2D eigenvalue weighted by molar-refractivity contribution is -0.277. The van der Waals surface area contributed by atoms with Gasteiger partial charge in [0.25, 0.3) is 0 Å². The van der Waals surface area contributed by atoms with Crippen molar-refractivity contribution in [2.75, 3.05) is 6.61 Å². The summed E-state index contributed by atoms with van der Waals surface area (Å²) in [7, 11) is 0. The summed E-state index contributed by atoms with van der Waals surface area (Å²) >= 11 is 0. The van der Waals surface area contributed by atoms with Crippen LogP contribution >= 0.6 is 0 Å². The van der Waals surface area contributed by atoms with Gasteiger partial charge in [0.1, 0.15) is 30.2 Å². The molecule has 1 saturated heterocycles. The minimum atomic E-state index is -1.53. The van der Waals surface area contributed by atoms with Crippen molar-refractivity contribution in [2.45, 2.75) is 37.6 Å². The van der Waals surface area contributed by atoms with Crippen LogP contribution in [0.5, 0.6) is 5.75 Å². The number of para-hydroxylation sites is 2. The van der Waals surface area contributed by atoms with Crippen LogP contribution in [0.3, 0.4) is 0 Å². The second-order valence-corrected chi connectivity index (χ2v) is 7.27. The Morgan fingerprint density at radius 3 is 2.47 bits per heavy atom. The van der Waals surface area contributed by atoms with Crippen LogP contribution in [0.1, 0.15) is 17.3 Å². The summed E-state index contributed by atoms with van der Waals surface area (Å²) in [6.45, 7) is 0.953. The Morgan fingerprint density at radius 2 is 1.73 bits per heavy atom. The molecule has 4 N–H and O–H groups in total. The molecule has 1 fully saturated rings. The number of nitrogens with zero attached hydrogens (tertiary/aromatic N) is 1. The zero-order chi connectivity index (χ0) is 21.4. The van der Waals surface area contributed by atoms with Crippen molar-refractivity contribution >= 4 is 16.7 Å². The maximum atomic E-state index is 12.1. The van der Waals surface area contributed by atoms with Crippen LogP contribution in [0.4, 0.5) is 0 Å². The van der Waals surface area contributed by atoms with Gasteiger partial charge in [-0.3, -0.25) is 4.79 Å². The standard InChI is InChI=1S/C22H23NO7/c1-12(25)13-6-2-4-8-15(13)23-10-17(14-7-3-5-9-16(14)23)29-22-21(28)20(27)19(26)18(11-24)30-22/h2-10,18-22,24,26-28H,11H2,1H3/t18-,19+,20+,21-,22-/m1/s1. The first-order valence-corrected chi connectivity index (χ1v) is 9.60. The number of ether oxygens (including phenoxy) is 2. The second kappa shape index (κ2) is 8.17. The van der Waals surface area contributed by atoms with Crippen molar-refractivity contribution in [3.8, 4) is 11.4 Å². The number of aliphatic hydroxyl groups excluding tert-OH is 4. The molecule has 30 heavy (non-hydrogen) atoms. The Bertz CT molecular complexity index is 1060. The molecule has 5 atom stereocenters. The Kier molecular flexibility index (Phi) is 5.59. The lowest BCUT2D eigenvalue weighted by Gasteiger charge is -2.39. The number of aliphatic hydroxyl groups is 4. The summed E-state index contributed by atoms with van der Waals surface area (Å²) in [4.78, 5) is 12.1. The molecule has 8 heteroatoms. The van der Waals surface area contributed by atoms with Gasteiger partial charge in [0.05, 0.1) is 24.0 Å². The molecule has 0 spiro atoms. The van der Waals surface area contributed by atoms with E-state index in [4.69, 9.17) is 9.47 Å². The summed E-state index contributed by atoms with van der Waals surface area (Å²) in [5.41, 5.74) is 1.98. The maximum Gasteiger partial charge on any atom is 0.229 e. The molecule has 8 nitrogen and oxygen atoms in total. The number of ketones is 1. The third kappa shape index (κ3) is 3.49. The van der Waals surface area contributed by atoms with Crippen LogP contribution in [0.2, 0.25) is 0 Å². The van der Waals surface area contributed by atoms with Crippen molar-refractivity contribution < 1.29 is 34.7 Å². The zero-order valence-corrected chi connectivity index (χ0v) is 16.3. The molecule has 0 amide bonds. The first-order chi connectivity index (χ1) is 14.4. The van der Waals surface area contributed by atoms with Crippen LogP contribution in [0.15, 0.2) is 54.7 Å². The highest BCUT2D eigenvalue weighted by atomic mass is 16.7. The molecular weight excluding hydrogens is 390 g/mol. The predicted molar refractivity (Wildman–Crippen MR) is 108 cm³/mol. The predicted octanol–water partition coefficient (Wildman–Crippen LogP) is 1.01. The molecule has 1 aromatic heterocycles. The van der Waals surface area contributed by atoms with E-state index in [9.17, 15) is 25.2 Å². The quantitative estimate of drug-likeness (QED) is 0.461. The Hall–Kier alpha value is -2.75. The summed E-state index contributed by atoms with van der Waals surface area (Å²) in [6, 6.07) is 14.5. The average molecular weight is 413 g/mol. The number of hydrogen-bond donors (Lipinski definition) is 4. The fraction of sp³-hybridized carbons (Fsp3) is 0.318. The van der Waals surface area contributed by atoms with Gasteiger partial charge in [-0.25, -0.2) is 0 Å². The SMILES string of the molecule is CC(=O)c1ccccc1-n1cc(O[C@@H]2O[C@H](CO)[C@H](O)[C@H](O)[C@H]2O)c2ccccc21. The van der Waals surface area contributed by atoms with Crippen LogP contribution < -0.4 is 4.74 Å². The van der Waals surface area contributed by atoms with E-state index in [1.54, 1.807) is 18.3 Å². The van der Waals surface area contributed by atoms with E-state index in [0.29, 0.717) is 22.4 Å². The molecule has 4 rings (SSSR count). The second-order valence-electron chi connectivity index (χ2n) is 7.27. The Morgan fingerprint density at radius 1 is 1.03 bits per heavy atom. The minimum Gasteiger partial charge on any atom is -0.460 e. The van der Waals surface area contributed by atoms with Gasteiger partial charge in [-0.15, -0.1) is 0 Å². The smallest absolute Gasteiger partial charge is 0.229 e. The van der Waals surface area contributed by atoms with E-state index in [-0.39, 0.29) is 5.78 Å². The van der Waals surface area contributed by atoms with Crippen molar-refractivity contribution in [1.82, 2.24) is 4.57 Å². The van der Waals surface area contributed by atoms with E-state index >= 15 is 0 Å². The van der Waals surface area contributed by atoms with Crippen molar-refractivity contribution in [3.63, 3.8) is 0 Å². The molecule has 2 heterocycles. The van der Waals surface area contributed by atoms with Gasteiger partial charge < -0.3 is 34.5 Å². The number of fused-ring (bicyclic) bond motifs is 1. The summed E-state index contributed by atoms with van der Waals surface area (Å²) in [5, 5.41) is 40.4. The van der Waals surface area contributed by atoms with Crippen LogP contribution in [0, 0.1) is 0 Å². The minimum absolute atomic E-state index is 0.0835. The third-order valence-electron chi connectivity index (χ3n) is 5.31. The number of rotatable bonds is 5. The lowest BCUT2D eigenvalue weighted by atomic mass is 9.99. The van der Waals surface area contributed by atoms with Gasteiger partial charge in [-0.2, -0.15) is 0 Å². The van der Waals surface area contributed by atoms with E-state index in [0.717, 1.165) is 5.52 Å². The van der Waals surface area contributed by atoms with Crippen molar-refractivity contribution in [2.24, 2.45) is 0 Å². The highest BCUT2D eigenvalue weighted by Crippen LogP contribution is 2.34. The molecule has 0 aliphatic carbocycles. The first kappa shape index (κ1) is 20.5. The van der Waals surface area contributed by atoms with Gasteiger partial charge in [-0.1, -0.05) is 24.3 Å². The molecule has 0 radical (unpaired) electrons. The van der Waals surface area contributed by atoms with E-state index in [2.05, 4.69) is 0 Å². The highest BCUT2D eigenvalue weighted by molar-refractivity contribution is 5.99.